The van der Waals surface area contributed by atoms with E-state index in [-0.39, 0.29) is 12.5 Å². The predicted octanol–water partition coefficient (Wildman–Crippen LogP) is 1.19. The molecule has 4 heteroatoms. The lowest BCUT2D eigenvalue weighted by Gasteiger charge is -2.05. The molecule has 0 aliphatic carbocycles. The van der Waals surface area contributed by atoms with Crippen molar-refractivity contribution in [2.24, 2.45) is 0 Å². The van der Waals surface area contributed by atoms with E-state index in [2.05, 4.69) is 17.2 Å². The van der Waals surface area contributed by atoms with Crippen molar-refractivity contribution in [3.05, 3.63) is 29.3 Å². The van der Waals surface area contributed by atoms with Crippen LogP contribution in [0.25, 0.3) is 0 Å². The quantitative estimate of drug-likeness (QED) is 0.606. The summed E-state index contributed by atoms with van der Waals surface area (Å²) in [6.45, 7) is 1.38. The van der Waals surface area contributed by atoms with Crippen LogP contribution in [0.5, 0.6) is 0 Å². The van der Waals surface area contributed by atoms with Gasteiger partial charge < -0.3 is 10.4 Å². The summed E-state index contributed by atoms with van der Waals surface area (Å²) in [6.07, 6.45) is 1.07. The second-order valence-electron chi connectivity index (χ2n) is 3.38. The van der Waals surface area contributed by atoms with Gasteiger partial charge >= 0.3 is 0 Å². The minimum absolute atomic E-state index is 0.0180. The lowest BCUT2D eigenvalue weighted by atomic mass is 10.1. The molecule has 0 aliphatic rings. The van der Waals surface area contributed by atoms with Crippen LogP contribution in [0.2, 0.25) is 0 Å². The van der Waals surface area contributed by atoms with Gasteiger partial charge in [-0.15, -0.1) is 0 Å². The highest BCUT2D eigenvalue weighted by atomic mass is 16.2. The molecule has 0 fully saturated rings. The molecule has 4 nitrogen and oxygen atoms in total. The molecule has 17 heavy (non-hydrogen) atoms. The molecular weight excluding hydrogens is 218 g/mol. The highest BCUT2D eigenvalue weighted by Gasteiger charge is 2.03. The van der Waals surface area contributed by atoms with Crippen LogP contribution in [0.1, 0.15) is 29.3 Å². The summed E-state index contributed by atoms with van der Waals surface area (Å²) in [6, 6.07) is 4.84. The molecular formula is C13H13NO3. The Morgan fingerprint density at radius 3 is 2.88 bits per heavy atom. The van der Waals surface area contributed by atoms with Gasteiger partial charge in [0.05, 0.1) is 12.3 Å². The van der Waals surface area contributed by atoms with E-state index in [9.17, 15) is 9.59 Å². The van der Waals surface area contributed by atoms with E-state index >= 15 is 0 Å². The molecule has 0 heterocycles. The second-order valence-corrected chi connectivity index (χ2v) is 3.38. The maximum absolute atomic E-state index is 11.0. The first-order valence-corrected chi connectivity index (χ1v) is 5.14. The molecule has 0 atom stereocenters. The van der Waals surface area contributed by atoms with E-state index in [1.54, 1.807) is 18.2 Å². The molecule has 0 saturated carbocycles. The third-order valence-electron chi connectivity index (χ3n) is 1.95. The number of aldehydes is 1. The first-order valence-electron chi connectivity index (χ1n) is 5.14. The van der Waals surface area contributed by atoms with E-state index in [4.69, 9.17) is 5.11 Å². The van der Waals surface area contributed by atoms with Gasteiger partial charge in [-0.05, 0) is 18.2 Å². The third-order valence-corrected chi connectivity index (χ3v) is 1.95. The van der Waals surface area contributed by atoms with Gasteiger partial charge in [0.2, 0.25) is 5.91 Å². The topological polar surface area (TPSA) is 66.4 Å². The number of rotatable bonds is 3. The van der Waals surface area contributed by atoms with Gasteiger partial charge in [0.25, 0.3) is 0 Å². The number of aliphatic hydroxyl groups is 1. The fourth-order valence-corrected chi connectivity index (χ4v) is 1.25. The fraction of sp³-hybridized carbons (Fsp3) is 0.231. The summed E-state index contributed by atoms with van der Waals surface area (Å²) in [4.78, 5) is 21.6. The second kappa shape index (κ2) is 6.46. The number of amides is 1. The Morgan fingerprint density at radius 2 is 2.29 bits per heavy atom. The first kappa shape index (κ1) is 12.9. The highest BCUT2D eigenvalue weighted by molar-refractivity contribution is 5.91. The van der Waals surface area contributed by atoms with Gasteiger partial charge in [-0.25, -0.2) is 0 Å². The van der Waals surface area contributed by atoms with Gasteiger partial charge in [-0.2, -0.15) is 0 Å². The smallest absolute Gasteiger partial charge is 0.221 e. The molecule has 0 spiro atoms. The van der Waals surface area contributed by atoms with E-state index in [1.807, 2.05) is 0 Å². The fourth-order valence-electron chi connectivity index (χ4n) is 1.25. The number of anilines is 1. The highest BCUT2D eigenvalue weighted by Crippen LogP contribution is 2.16. The van der Waals surface area contributed by atoms with Crippen LogP contribution in [-0.2, 0) is 4.79 Å². The Labute approximate surface area is 99.7 Å². The molecule has 0 unspecified atom stereocenters. The molecule has 1 rings (SSSR count). The normalized spacial score (nSPS) is 9.06. The number of hydrogen-bond donors (Lipinski definition) is 2. The molecule has 0 saturated heterocycles. The van der Waals surface area contributed by atoms with Gasteiger partial charge in [-0.3, -0.25) is 9.59 Å². The van der Waals surface area contributed by atoms with Crippen LogP contribution < -0.4 is 5.32 Å². The lowest BCUT2D eigenvalue weighted by Crippen LogP contribution is -2.07. The Bertz CT molecular complexity index is 483. The minimum atomic E-state index is -0.200. The Morgan fingerprint density at radius 1 is 1.53 bits per heavy atom. The largest absolute Gasteiger partial charge is 0.395 e. The predicted molar refractivity (Wildman–Crippen MR) is 64.7 cm³/mol. The van der Waals surface area contributed by atoms with Crippen molar-refractivity contribution in [3.8, 4) is 11.8 Å². The van der Waals surface area contributed by atoms with Crippen LogP contribution in [0.15, 0.2) is 18.2 Å². The molecule has 1 aromatic carbocycles. The summed E-state index contributed by atoms with van der Waals surface area (Å²) >= 11 is 0. The summed E-state index contributed by atoms with van der Waals surface area (Å²) in [5.41, 5.74) is 1.62. The Balaban J connectivity index is 3.07. The average Bonchev–Trinajstić information content (AvgIpc) is 2.30. The maximum atomic E-state index is 11.0. The van der Waals surface area contributed by atoms with Crippen molar-refractivity contribution in [2.45, 2.75) is 13.3 Å². The zero-order chi connectivity index (χ0) is 12.7. The van der Waals surface area contributed by atoms with Gasteiger partial charge in [0, 0.05) is 24.5 Å². The molecule has 1 amide bonds. The molecule has 2 N–H and O–H groups in total. The van der Waals surface area contributed by atoms with Crippen LogP contribution in [0, 0.1) is 11.8 Å². The Hall–Kier alpha value is -2.12. The van der Waals surface area contributed by atoms with Gasteiger partial charge in [0.1, 0.15) is 6.29 Å². The summed E-state index contributed by atoms with van der Waals surface area (Å²) in [5.74, 6) is 5.36. The van der Waals surface area contributed by atoms with Crippen molar-refractivity contribution in [3.63, 3.8) is 0 Å². The van der Waals surface area contributed by atoms with Crippen LogP contribution in [-0.4, -0.2) is 23.9 Å². The summed E-state index contributed by atoms with van der Waals surface area (Å²) in [5, 5.41) is 11.3. The number of carbonyl (C=O) groups is 2. The third kappa shape index (κ3) is 4.09. The van der Waals surface area contributed by atoms with Crippen molar-refractivity contribution in [2.75, 3.05) is 11.9 Å². The van der Waals surface area contributed by atoms with E-state index in [0.29, 0.717) is 23.2 Å². The number of carbonyl (C=O) groups excluding carboxylic acids is 2. The molecule has 0 aliphatic heterocycles. The number of benzene rings is 1. The van der Waals surface area contributed by atoms with Gasteiger partial charge in [0.15, 0.2) is 0 Å². The van der Waals surface area contributed by atoms with Gasteiger partial charge in [-0.1, -0.05) is 11.8 Å². The zero-order valence-corrected chi connectivity index (χ0v) is 9.49. The molecule has 1 aromatic rings. The van der Waals surface area contributed by atoms with E-state index < -0.39 is 0 Å². The van der Waals surface area contributed by atoms with E-state index in [1.165, 1.54) is 6.92 Å². The summed E-state index contributed by atoms with van der Waals surface area (Å²) < 4.78 is 0. The molecule has 0 bridgehead atoms. The van der Waals surface area contributed by atoms with Crippen molar-refractivity contribution < 1.29 is 14.7 Å². The lowest BCUT2D eigenvalue weighted by molar-refractivity contribution is -0.114. The average molecular weight is 231 g/mol. The van der Waals surface area contributed by atoms with Crippen LogP contribution in [0.3, 0.4) is 0 Å². The number of aliphatic hydroxyl groups excluding tert-OH is 1. The van der Waals surface area contributed by atoms with Crippen molar-refractivity contribution >= 4 is 17.9 Å². The van der Waals surface area contributed by atoms with Crippen molar-refractivity contribution in [1.82, 2.24) is 0 Å². The summed E-state index contributed by atoms with van der Waals surface area (Å²) in [7, 11) is 0. The van der Waals surface area contributed by atoms with E-state index in [0.717, 1.165) is 6.29 Å². The number of hydrogen-bond acceptors (Lipinski definition) is 3. The van der Waals surface area contributed by atoms with Crippen LogP contribution >= 0.6 is 0 Å². The van der Waals surface area contributed by atoms with Crippen LogP contribution in [0.4, 0.5) is 5.69 Å². The minimum Gasteiger partial charge on any atom is -0.395 e. The molecule has 88 valence electrons. The maximum Gasteiger partial charge on any atom is 0.221 e. The Kier molecular flexibility index (Phi) is 4.92. The SMILES string of the molecule is CC(=O)Nc1ccc(C=O)cc1C#CCCO. The number of nitrogens with one attached hydrogen (secondary N) is 1. The standard InChI is InChI=1S/C13H13NO3/c1-10(17)14-13-6-5-11(9-16)8-12(13)4-2-3-7-15/h5-6,8-9,15H,3,7H2,1H3,(H,14,17). The molecule has 0 radical (unpaired) electrons. The zero-order valence-electron chi connectivity index (χ0n) is 9.49. The molecule has 0 aromatic heterocycles. The van der Waals surface area contributed by atoms with Crippen molar-refractivity contribution in [1.29, 1.82) is 0 Å². The first-order chi connectivity index (χ1) is 8.17. The monoisotopic (exact) mass is 231 g/mol.